The van der Waals surface area contributed by atoms with E-state index in [4.69, 9.17) is 11.6 Å². The van der Waals surface area contributed by atoms with Gasteiger partial charge in [0, 0.05) is 4.47 Å². The third-order valence-electron chi connectivity index (χ3n) is 2.04. The molecule has 0 spiro atoms. The van der Waals surface area contributed by atoms with Gasteiger partial charge < -0.3 is 5.32 Å². The Kier molecular flexibility index (Phi) is 3.99. The molecule has 0 atom stereocenters. The number of hydrogen-bond donors (Lipinski definition) is 1. The largest absolute Gasteiger partial charge is 0.316 e. The van der Waals surface area contributed by atoms with Gasteiger partial charge in [-0.3, -0.25) is 4.79 Å². The van der Waals surface area contributed by atoms with Crippen molar-refractivity contribution in [2.24, 2.45) is 0 Å². The maximum Gasteiger partial charge on any atom is 0.265 e. The monoisotopic (exact) mass is 351 g/mol. The number of halogens is 4. The topological polar surface area (TPSA) is 29.1 Å². The summed E-state index contributed by atoms with van der Waals surface area (Å²) < 4.78 is 27.7. The zero-order valence-corrected chi connectivity index (χ0v) is 11.8. The van der Waals surface area contributed by atoms with Crippen molar-refractivity contribution >= 4 is 50.5 Å². The third-order valence-corrected chi connectivity index (χ3v) is 3.73. The quantitative estimate of drug-likeness (QED) is 0.834. The van der Waals surface area contributed by atoms with E-state index in [1.54, 1.807) is 0 Å². The molecule has 0 fully saturated rings. The Hall–Kier alpha value is -0.980. The van der Waals surface area contributed by atoms with Crippen LogP contribution in [0.25, 0.3) is 0 Å². The van der Waals surface area contributed by atoms with Crippen LogP contribution in [0, 0.1) is 11.6 Å². The van der Waals surface area contributed by atoms with Gasteiger partial charge in [-0.25, -0.2) is 8.78 Å². The van der Waals surface area contributed by atoms with Crippen molar-refractivity contribution in [3.63, 3.8) is 0 Å². The number of carbonyl (C=O) groups excluding carboxylic acids is 1. The summed E-state index contributed by atoms with van der Waals surface area (Å²) >= 11 is 9.66. The van der Waals surface area contributed by atoms with E-state index in [0.717, 1.165) is 23.5 Å². The van der Waals surface area contributed by atoms with Gasteiger partial charge in [0.25, 0.3) is 5.91 Å². The average molecular weight is 353 g/mol. The molecule has 1 aromatic carbocycles. The van der Waals surface area contributed by atoms with Crippen LogP contribution >= 0.6 is 38.9 Å². The molecule has 0 aliphatic heterocycles. The molecule has 2 rings (SSSR count). The highest BCUT2D eigenvalue weighted by molar-refractivity contribution is 9.10. The van der Waals surface area contributed by atoms with Crippen molar-refractivity contribution in [2.45, 2.75) is 0 Å². The Bertz CT molecular complexity index is 594. The summed E-state index contributed by atoms with van der Waals surface area (Å²) in [5.41, 5.74) is -0.479. The second-order valence-corrected chi connectivity index (χ2v) is 5.93. The van der Waals surface area contributed by atoms with Gasteiger partial charge in [-0.05, 0) is 24.3 Å². The van der Waals surface area contributed by atoms with Crippen LogP contribution in [-0.2, 0) is 0 Å². The first-order valence-electron chi connectivity index (χ1n) is 4.68. The van der Waals surface area contributed by atoms with Gasteiger partial charge in [0.05, 0.1) is 9.21 Å². The van der Waals surface area contributed by atoms with E-state index < -0.39 is 23.2 Å². The highest BCUT2D eigenvalue weighted by Gasteiger charge is 2.15. The lowest BCUT2D eigenvalue weighted by atomic mass is 10.3. The van der Waals surface area contributed by atoms with E-state index in [2.05, 4.69) is 21.2 Å². The minimum atomic E-state index is -0.849. The molecule has 0 unspecified atom stereocenters. The van der Waals surface area contributed by atoms with Gasteiger partial charge in [-0.15, -0.1) is 11.3 Å². The Morgan fingerprint density at radius 3 is 2.39 bits per heavy atom. The van der Waals surface area contributed by atoms with Crippen molar-refractivity contribution in [3.05, 3.63) is 49.6 Å². The fourth-order valence-corrected chi connectivity index (χ4v) is 2.61. The Morgan fingerprint density at radius 2 is 1.89 bits per heavy atom. The molecule has 0 aliphatic rings. The molecule has 7 heteroatoms. The van der Waals surface area contributed by atoms with E-state index in [1.807, 2.05) is 0 Å². The zero-order valence-electron chi connectivity index (χ0n) is 8.64. The summed E-state index contributed by atoms with van der Waals surface area (Å²) in [7, 11) is 0. The molecule has 1 amide bonds. The summed E-state index contributed by atoms with van der Waals surface area (Å²) in [6.07, 6.45) is 0. The summed E-state index contributed by atoms with van der Waals surface area (Å²) in [6, 6.07) is 5.16. The molecule has 0 saturated carbocycles. The number of amides is 1. The second kappa shape index (κ2) is 5.34. The minimum Gasteiger partial charge on any atom is -0.316 e. The van der Waals surface area contributed by atoms with Crippen molar-refractivity contribution in [3.8, 4) is 0 Å². The highest BCUT2D eigenvalue weighted by atomic mass is 79.9. The van der Waals surface area contributed by atoms with Gasteiger partial charge in [0.1, 0.15) is 5.69 Å². The molecule has 0 aliphatic carbocycles. The van der Waals surface area contributed by atoms with Crippen molar-refractivity contribution in [1.29, 1.82) is 0 Å². The summed E-state index contributed by atoms with van der Waals surface area (Å²) in [5, 5.41) is 2.18. The Labute approximate surface area is 119 Å². The van der Waals surface area contributed by atoms with Crippen molar-refractivity contribution in [1.82, 2.24) is 0 Å². The Morgan fingerprint density at radius 1 is 1.28 bits per heavy atom. The van der Waals surface area contributed by atoms with Gasteiger partial charge in [0.15, 0.2) is 11.6 Å². The zero-order chi connectivity index (χ0) is 13.3. The van der Waals surface area contributed by atoms with E-state index in [1.165, 1.54) is 12.1 Å². The van der Waals surface area contributed by atoms with Gasteiger partial charge >= 0.3 is 0 Å². The number of hydrogen-bond acceptors (Lipinski definition) is 2. The maximum absolute atomic E-state index is 13.5. The SMILES string of the molecule is O=C(Nc1c(F)cc(Br)cc1F)c1ccc(Cl)s1. The lowest BCUT2D eigenvalue weighted by molar-refractivity contribution is 0.102. The van der Waals surface area contributed by atoms with Crippen LogP contribution < -0.4 is 5.32 Å². The lowest BCUT2D eigenvalue weighted by Gasteiger charge is -2.06. The number of nitrogens with one attached hydrogen (secondary N) is 1. The van der Waals surface area contributed by atoms with Crippen molar-refractivity contribution < 1.29 is 13.6 Å². The van der Waals surface area contributed by atoms with Crippen LogP contribution in [0.3, 0.4) is 0 Å². The minimum absolute atomic E-state index is 0.259. The lowest BCUT2D eigenvalue weighted by Crippen LogP contribution is -2.12. The van der Waals surface area contributed by atoms with Crippen LogP contribution in [-0.4, -0.2) is 5.91 Å². The number of benzene rings is 1. The van der Waals surface area contributed by atoms with Gasteiger partial charge in [0.2, 0.25) is 0 Å². The smallest absolute Gasteiger partial charge is 0.265 e. The molecular formula is C11H5BrClF2NOS. The van der Waals surface area contributed by atoms with E-state index in [9.17, 15) is 13.6 Å². The summed E-state index contributed by atoms with van der Waals surface area (Å²) in [5.74, 6) is -2.30. The molecule has 2 aromatic rings. The van der Waals surface area contributed by atoms with E-state index in [0.29, 0.717) is 4.34 Å². The summed E-state index contributed by atoms with van der Waals surface area (Å²) in [4.78, 5) is 12.0. The fraction of sp³-hybridized carbons (Fsp3) is 0. The fourth-order valence-electron chi connectivity index (χ4n) is 1.27. The van der Waals surface area contributed by atoms with Crippen LogP contribution in [0.2, 0.25) is 4.34 Å². The van der Waals surface area contributed by atoms with E-state index >= 15 is 0 Å². The number of thiophene rings is 1. The molecule has 1 heterocycles. The van der Waals surface area contributed by atoms with Crippen LogP contribution in [0.4, 0.5) is 14.5 Å². The number of anilines is 1. The van der Waals surface area contributed by atoms with Gasteiger partial charge in [-0.1, -0.05) is 27.5 Å². The maximum atomic E-state index is 13.5. The molecule has 0 bridgehead atoms. The van der Waals surface area contributed by atoms with Crippen LogP contribution in [0.5, 0.6) is 0 Å². The molecule has 1 aromatic heterocycles. The van der Waals surface area contributed by atoms with Crippen molar-refractivity contribution in [2.75, 3.05) is 5.32 Å². The van der Waals surface area contributed by atoms with E-state index in [-0.39, 0.29) is 9.35 Å². The first-order valence-corrected chi connectivity index (χ1v) is 6.67. The molecule has 94 valence electrons. The third kappa shape index (κ3) is 2.88. The molecule has 0 radical (unpaired) electrons. The standard InChI is InChI=1S/C11H5BrClF2NOS/c12-5-3-6(14)10(7(15)4-5)16-11(17)8-1-2-9(13)18-8/h1-4H,(H,16,17). The predicted molar refractivity (Wildman–Crippen MR) is 71.3 cm³/mol. The first-order chi connectivity index (χ1) is 8.47. The molecule has 1 N–H and O–H groups in total. The molecule has 2 nitrogen and oxygen atoms in total. The van der Waals surface area contributed by atoms with Gasteiger partial charge in [-0.2, -0.15) is 0 Å². The molecular weight excluding hydrogens is 348 g/mol. The molecule has 18 heavy (non-hydrogen) atoms. The second-order valence-electron chi connectivity index (χ2n) is 3.30. The normalized spacial score (nSPS) is 10.4. The predicted octanol–water partition coefficient (Wildman–Crippen LogP) is 4.69. The first kappa shape index (κ1) is 13.5. The number of rotatable bonds is 2. The van der Waals surface area contributed by atoms with Crippen LogP contribution in [0.15, 0.2) is 28.7 Å². The van der Waals surface area contributed by atoms with Crippen LogP contribution in [0.1, 0.15) is 9.67 Å². The summed E-state index contributed by atoms with van der Waals surface area (Å²) in [6.45, 7) is 0. The molecule has 0 saturated heterocycles. The highest BCUT2D eigenvalue weighted by Crippen LogP contribution is 2.26. The Balaban J connectivity index is 2.27. The average Bonchev–Trinajstić information content (AvgIpc) is 2.70. The number of carbonyl (C=O) groups is 1.